The maximum Gasteiger partial charge on any atom is 0.247 e. The molecular weight excluding hydrogens is 269 g/mol. The zero-order valence-electron chi connectivity index (χ0n) is 13.4. The van der Waals surface area contributed by atoms with E-state index >= 15 is 0 Å². The van der Waals surface area contributed by atoms with Gasteiger partial charge in [-0.3, -0.25) is 4.79 Å². The summed E-state index contributed by atoms with van der Waals surface area (Å²) in [6.07, 6.45) is 0. The van der Waals surface area contributed by atoms with Crippen molar-refractivity contribution in [3.63, 3.8) is 0 Å². The van der Waals surface area contributed by atoms with Gasteiger partial charge in [0.15, 0.2) is 0 Å². The summed E-state index contributed by atoms with van der Waals surface area (Å²) in [4.78, 5) is 16.2. The molecule has 0 bridgehead atoms. The van der Waals surface area contributed by atoms with E-state index in [1.807, 2.05) is 38.8 Å². The SMILES string of the molecule is CNC(C)c1c(F)cccc1N1CCN(C)C(=O)C1(C)C. The molecule has 1 saturated heterocycles. The molecule has 0 spiro atoms. The minimum atomic E-state index is -0.678. The van der Waals surface area contributed by atoms with Gasteiger partial charge >= 0.3 is 0 Å². The van der Waals surface area contributed by atoms with Crippen LogP contribution in [0.25, 0.3) is 0 Å². The van der Waals surface area contributed by atoms with E-state index < -0.39 is 5.54 Å². The molecular formula is C16H24FN3O. The Bertz CT molecular complexity index is 544. The smallest absolute Gasteiger partial charge is 0.247 e. The predicted molar refractivity (Wildman–Crippen MR) is 82.9 cm³/mol. The number of hydrogen-bond donors (Lipinski definition) is 1. The molecule has 0 radical (unpaired) electrons. The summed E-state index contributed by atoms with van der Waals surface area (Å²) in [6.45, 7) is 7.05. The van der Waals surface area contributed by atoms with Gasteiger partial charge in [-0.1, -0.05) is 6.07 Å². The highest BCUT2D eigenvalue weighted by Gasteiger charge is 2.41. The third-order valence-corrected chi connectivity index (χ3v) is 4.39. The quantitative estimate of drug-likeness (QED) is 0.927. The number of benzene rings is 1. The lowest BCUT2D eigenvalue weighted by Crippen LogP contribution is -2.62. The first-order valence-electron chi connectivity index (χ1n) is 7.29. The minimum Gasteiger partial charge on any atom is -0.355 e. The summed E-state index contributed by atoms with van der Waals surface area (Å²) >= 11 is 0. The van der Waals surface area contributed by atoms with E-state index in [1.54, 1.807) is 18.0 Å². The van der Waals surface area contributed by atoms with Crippen LogP contribution in [0.3, 0.4) is 0 Å². The van der Waals surface area contributed by atoms with Gasteiger partial charge in [-0.05, 0) is 40.0 Å². The van der Waals surface area contributed by atoms with Gasteiger partial charge in [-0.2, -0.15) is 0 Å². The summed E-state index contributed by atoms with van der Waals surface area (Å²) in [6, 6.07) is 4.95. The number of hydrogen-bond acceptors (Lipinski definition) is 3. The third kappa shape index (κ3) is 2.62. The largest absolute Gasteiger partial charge is 0.355 e. The number of likely N-dealkylation sites (N-methyl/N-ethyl adjacent to an activating group) is 1. The first-order chi connectivity index (χ1) is 9.80. The molecule has 0 aromatic heterocycles. The van der Waals surface area contributed by atoms with Crippen LogP contribution < -0.4 is 10.2 Å². The van der Waals surface area contributed by atoms with Crippen molar-refractivity contribution in [2.24, 2.45) is 0 Å². The van der Waals surface area contributed by atoms with Crippen molar-refractivity contribution in [3.05, 3.63) is 29.6 Å². The zero-order chi connectivity index (χ0) is 15.8. The molecule has 2 rings (SSSR count). The Hall–Kier alpha value is -1.62. The first-order valence-corrected chi connectivity index (χ1v) is 7.29. The Labute approximate surface area is 125 Å². The van der Waals surface area contributed by atoms with Gasteiger partial charge in [-0.15, -0.1) is 0 Å². The molecule has 1 aliphatic heterocycles. The zero-order valence-corrected chi connectivity index (χ0v) is 13.4. The molecule has 1 atom stereocenters. The van der Waals surface area contributed by atoms with E-state index in [0.717, 1.165) is 5.69 Å². The van der Waals surface area contributed by atoms with Crippen molar-refractivity contribution in [3.8, 4) is 0 Å². The fraction of sp³-hybridized carbons (Fsp3) is 0.562. The van der Waals surface area contributed by atoms with Gasteiger partial charge in [-0.25, -0.2) is 4.39 Å². The predicted octanol–water partition coefficient (Wildman–Crippen LogP) is 2.16. The number of carbonyl (C=O) groups is 1. The van der Waals surface area contributed by atoms with Crippen LogP contribution in [0, 0.1) is 5.82 Å². The third-order valence-electron chi connectivity index (χ3n) is 4.39. The number of nitrogens with zero attached hydrogens (tertiary/aromatic N) is 2. The van der Waals surface area contributed by atoms with E-state index in [0.29, 0.717) is 18.7 Å². The average Bonchev–Trinajstić information content (AvgIpc) is 2.44. The second-order valence-corrected chi connectivity index (χ2v) is 6.12. The number of piperazine rings is 1. The van der Waals surface area contributed by atoms with Crippen molar-refractivity contribution in [1.29, 1.82) is 0 Å². The number of halogens is 1. The van der Waals surface area contributed by atoms with E-state index in [9.17, 15) is 9.18 Å². The van der Waals surface area contributed by atoms with E-state index in [2.05, 4.69) is 5.32 Å². The summed E-state index contributed by atoms with van der Waals surface area (Å²) in [7, 11) is 3.62. The highest BCUT2D eigenvalue weighted by molar-refractivity contribution is 5.90. The molecule has 1 fully saturated rings. The Morgan fingerprint density at radius 2 is 2.00 bits per heavy atom. The first kappa shape index (κ1) is 15.8. The summed E-state index contributed by atoms with van der Waals surface area (Å²) in [5, 5.41) is 3.09. The Morgan fingerprint density at radius 1 is 1.33 bits per heavy atom. The molecule has 1 aromatic carbocycles. The molecule has 1 amide bonds. The second-order valence-electron chi connectivity index (χ2n) is 6.12. The Morgan fingerprint density at radius 3 is 2.62 bits per heavy atom. The molecule has 4 nitrogen and oxygen atoms in total. The van der Waals surface area contributed by atoms with Gasteiger partial charge in [0.05, 0.1) is 0 Å². The number of amides is 1. The molecule has 116 valence electrons. The molecule has 1 N–H and O–H groups in total. The normalized spacial score (nSPS) is 19.8. The van der Waals surface area contributed by atoms with E-state index in [4.69, 9.17) is 0 Å². The summed E-state index contributed by atoms with van der Waals surface area (Å²) in [5.41, 5.74) is 0.733. The summed E-state index contributed by atoms with van der Waals surface area (Å²) < 4.78 is 14.3. The van der Waals surface area contributed by atoms with Crippen molar-refractivity contribution >= 4 is 11.6 Å². The molecule has 0 saturated carbocycles. The summed E-state index contributed by atoms with van der Waals surface area (Å²) in [5.74, 6) is -0.183. The molecule has 21 heavy (non-hydrogen) atoms. The van der Waals surface area contributed by atoms with Crippen LogP contribution in [0.4, 0.5) is 10.1 Å². The van der Waals surface area contributed by atoms with Crippen molar-refractivity contribution in [2.45, 2.75) is 32.4 Å². The number of carbonyl (C=O) groups excluding carboxylic acids is 1. The van der Waals surface area contributed by atoms with Gasteiger partial charge in [0.25, 0.3) is 0 Å². The molecule has 1 aromatic rings. The lowest BCUT2D eigenvalue weighted by molar-refractivity contribution is -0.136. The van der Waals surface area contributed by atoms with Crippen LogP contribution in [0.1, 0.15) is 32.4 Å². The highest BCUT2D eigenvalue weighted by Crippen LogP contribution is 2.35. The molecule has 0 aliphatic carbocycles. The highest BCUT2D eigenvalue weighted by atomic mass is 19.1. The molecule has 5 heteroatoms. The van der Waals surface area contributed by atoms with Gasteiger partial charge in [0.2, 0.25) is 5.91 Å². The van der Waals surface area contributed by atoms with Crippen LogP contribution in [-0.4, -0.2) is 43.5 Å². The second kappa shape index (κ2) is 5.64. The number of nitrogens with one attached hydrogen (secondary N) is 1. The maximum absolute atomic E-state index is 14.3. The van der Waals surface area contributed by atoms with Crippen LogP contribution in [0.15, 0.2) is 18.2 Å². The van der Waals surface area contributed by atoms with Crippen LogP contribution in [-0.2, 0) is 4.79 Å². The standard InChI is InChI=1S/C16H24FN3O/c1-11(18-4)14-12(17)7-6-8-13(14)20-10-9-19(5)15(21)16(20,2)3/h6-8,11,18H,9-10H2,1-5H3. The number of anilines is 1. The lowest BCUT2D eigenvalue weighted by Gasteiger charge is -2.47. The minimum absolute atomic E-state index is 0.0565. The fourth-order valence-electron chi connectivity index (χ4n) is 2.97. The molecule has 1 aliphatic rings. The Kier molecular flexibility index (Phi) is 4.23. The Balaban J connectivity index is 2.51. The topological polar surface area (TPSA) is 35.6 Å². The van der Waals surface area contributed by atoms with Crippen LogP contribution in [0.2, 0.25) is 0 Å². The van der Waals surface area contributed by atoms with Crippen LogP contribution in [0.5, 0.6) is 0 Å². The monoisotopic (exact) mass is 293 g/mol. The van der Waals surface area contributed by atoms with Crippen molar-refractivity contribution < 1.29 is 9.18 Å². The van der Waals surface area contributed by atoms with Gasteiger partial charge < -0.3 is 15.1 Å². The molecule has 1 unspecified atom stereocenters. The van der Waals surface area contributed by atoms with E-state index in [-0.39, 0.29) is 17.8 Å². The van der Waals surface area contributed by atoms with Crippen molar-refractivity contribution in [2.75, 3.05) is 32.1 Å². The van der Waals surface area contributed by atoms with E-state index in [1.165, 1.54) is 6.07 Å². The number of rotatable bonds is 3. The van der Waals surface area contributed by atoms with Gasteiger partial charge in [0, 0.05) is 37.4 Å². The van der Waals surface area contributed by atoms with Crippen LogP contribution >= 0.6 is 0 Å². The average molecular weight is 293 g/mol. The lowest BCUT2D eigenvalue weighted by atomic mass is 9.94. The van der Waals surface area contributed by atoms with Gasteiger partial charge in [0.1, 0.15) is 11.4 Å². The fourth-order valence-corrected chi connectivity index (χ4v) is 2.97. The molecule has 1 heterocycles. The van der Waals surface area contributed by atoms with Crippen molar-refractivity contribution in [1.82, 2.24) is 10.2 Å². The maximum atomic E-state index is 14.3.